The van der Waals surface area contributed by atoms with Crippen molar-refractivity contribution in [1.29, 1.82) is 0 Å². The molecule has 0 spiro atoms. The minimum atomic E-state index is 0.859. The number of aryl methyl sites for hydroxylation is 3. The lowest BCUT2D eigenvalue weighted by Crippen LogP contribution is -2.11. The smallest absolute Gasteiger partial charge is 0.159 e. The molecule has 9 aromatic carbocycles. The maximum absolute atomic E-state index is 6.81. The fourth-order valence-corrected chi connectivity index (χ4v) is 9.12. The van der Waals surface area contributed by atoms with E-state index >= 15 is 0 Å². The molecule has 4 heteroatoms. The number of furan rings is 2. The summed E-state index contributed by atoms with van der Waals surface area (Å²) in [6.07, 6.45) is 0. The average molecular weight is 761 g/mol. The molecule has 0 aliphatic rings. The fourth-order valence-electron chi connectivity index (χ4n) is 9.12. The first-order chi connectivity index (χ1) is 29.0. The molecule has 4 nitrogen and oxygen atoms in total. The number of fused-ring (bicyclic) bond motifs is 7. The normalized spacial score (nSPS) is 11.6. The first-order valence-electron chi connectivity index (χ1n) is 20.2. The third-order valence-electron chi connectivity index (χ3n) is 11.9. The maximum atomic E-state index is 6.81. The molecule has 11 aromatic rings. The van der Waals surface area contributed by atoms with Gasteiger partial charge < -0.3 is 18.6 Å². The molecule has 11 rings (SSSR count). The van der Waals surface area contributed by atoms with E-state index in [4.69, 9.17) is 8.83 Å². The number of nitrogens with zero attached hydrogens (tertiary/aromatic N) is 2. The summed E-state index contributed by atoms with van der Waals surface area (Å²) in [6.45, 7) is 6.49. The van der Waals surface area contributed by atoms with Crippen LogP contribution in [0.25, 0.3) is 65.4 Å². The van der Waals surface area contributed by atoms with Crippen LogP contribution >= 0.6 is 0 Å². The third-order valence-corrected chi connectivity index (χ3v) is 11.9. The summed E-state index contributed by atoms with van der Waals surface area (Å²) in [5, 5.41) is 9.06. The van der Waals surface area contributed by atoms with E-state index in [-0.39, 0.29) is 0 Å². The highest BCUT2D eigenvalue weighted by molar-refractivity contribution is 6.16. The van der Waals surface area contributed by atoms with Gasteiger partial charge in [0.1, 0.15) is 11.2 Å². The summed E-state index contributed by atoms with van der Waals surface area (Å²) >= 11 is 0. The predicted octanol–water partition coefficient (Wildman–Crippen LogP) is 16.2. The Hall–Kier alpha value is -7.56. The predicted molar refractivity (Wildman–Crippen MR) is 248 cm³/mol. The molecular weight excluding hydrogens is 721 g/mol. The van der Waals surface area contributed by atoms with Gasteiger partial charge in [-0.1, -0.05) is 140 Å². The Morgan fingerprint density at radius 3 is 1.25 bits per heavy atom. The lowest BCUT2D eigenvalue weighted by Gasteiger charge is -2.28. The SMILES string of the molecule is Cc1cccc2c1oc1c(N(c3ccccc3)c3cccccc4c(N(c5ccccc5)c5cccc6c5oc5c(C)cccc56)ccc5ccc3c(C)c54)cccc12. The van der Waals surface area contributed by atoms with Crippen LogP contribution in [-0.4, -0.2) is 0 Å². The first-order valence-corrected chi connectivity index (χ1v) is 20.2. The van der Waals surface area contributed by atoms with Crippen LogP contribution in [0.3, 0.4) is 0 Å². The molecule has 282 valence electrons. The van der Waals surface area contributed by atoms with E-state index in [9.17, 15) is 0 Å². The van der Waals surface area contributed by atoms with Gasteiger partial charge in [0.25, 0.3) is 0 Å². The van der Waals surface area contributed by atoms with Gasteiger partial charge in [-0.15, -0.1) is 0 Å². The first kappa shape index (κ1) is 34.7. The van der Waals surface area contributed by atoms with Crippen LogP contribution in [0.15, 0.2) is 197 Å². The van der Waals surface area contributed by atoms with Crippen LogP contribution in [0.2, 0.25) is 0 Å². The minimum absolute atomic E-state index is 0.859. The molecule has 0 saturated heterocycles. The second-order valence-corrected chi connectivity index (χ2v) is 15.4. The van der Waals surface area contributed by atoms with Gasteiger partial charge in [0, 0.05) is 43.7 Å². The van der Waals surface area contributed by atoms with Crippen molar-refractivity contribution < 1.29 is 8.83 Å². The number of para-hydroxylation sites is 6. The standard InChI is InChI=1S/C55H40N2O2/c1-35-17-13-24-42-44-26-15-29-49(54(44)58-52(35)42)56(39-19-7-4-8-20-39)47-28-12-6-11-23-46-48(34-32-38-31-33-41(47)37(3)51(38)46)57(40-21-9-5-10-22-40)50-30-16-27-45-43-25-14-18-36(2)53(43)59-55(45)50/h4-34H,1-3H3. The van der Waals surface area contributed by atoms with Crippen LogP contribution in [0, 0.1) is 20.8 Å². The number of hydrogen-bond acceptors (Lipinski definition) is 4. The molecule has 0 unspecified atom stereocenters. The summed E-state index contributed by atoms with van der Waals surface area (Å²) in [5.41, 5.74) is 13.2. The minimum Gasteiger partial charge on any atom is -0.454 e. The topological polar surface area (TPSA) is 32.8 Å². The molecule has 0 N–H and O–H groups in total. The van der Waals surface area contributed by atoms with E-state index in [1.54, 1.807) is 0 Å². The summed E-state index contributed by atoms with van der Waals surface area (Å²) in [6, 6.07) is 67.0. The second-order valence-electron chi connectivity index (χ2n) is 15.4. The van der Waals surface area contributed by atoms with Gasteiger partial charge in [0.2, 0.25) is 0 Å². The Labute approximate surface area is 342 Å². The van der Waals surface area contributed by atoms with Crippen LogP contribution in [-0.2, 0) is 0 Å². The van der Waals surface area contributed by atoms with Gasteiger partial charge in [-0.2, -0.15) is 0 Å². The zero-order chi connectivity index (χ0) is 39.6. The van der Waals surface area contributed by atoms with E-state index in [0.717, 1.165) is 99.9 Å². The lowest BCUT2D eigenvalue weighted by molar-refractivity contribution is 0.665. The maximum Gasteiger partial charge on any atom is 0.159 e. The van der Waals surface area contributed by atoms with Crippen molar-refractivity contribution in [1.82, 2.24) is 0 Å². The van der Waals surface area contributed by atoms with Gasteiger partial charge in [-0.3, -0.25) is 0 Å². The molecule has 0 atom stereocenters. The quantitative estimate of drug-likeness (QED) is 0.169. The third kappa shape index (κ3) is 5.52. The molecule has 0 radical (unpaired) electrons. The fraction of sp³-hybridized carbons (Fsp3) is 0.0545. The second kappa shape index (κ2) is 13.8. The highest BCUT2D eigenvalue weighted by Gasteiger charge is 2.24. The van der Waals surface area contributed by atoms with Crippen molar-refractivity contribution in [2.75, 3.05) is 9.80 Å². The summed E-state index contributed by atoms with van der Waals surface area (Å²) < 4.78 is 13.6. The van der Waals surface area contributed by atoms with Gasteiger partial charge in [-0.05, 0) is 96.8 Å². The summed E-state index contributed by atoms with van der Waals surface area (Å²) in [5.74, 6) is 0. The molecule has 0 fully saturated rings. The molecule has 59 heavy (non-hydrogen) atoms. The largest absolute Gasteiger partial charge is 0.454 e. The van der Waals surface area contributed by atoms with Crippen molar-refractivity contribution in [3.05, 3.63) is 205 Å². The Kier molecular flexibility index (Phi) is 8.12. The van der Waals surface area contributed by atoms with Gasteiger partial charge in [0.15, 0.2) is 11.2 Å². The van der Waals surface area contributed by atoms with Gasteiger partial charge >= 0.3 is 0 Å². The summed E-state index contributed by atoms with van der Waals surface area (Å²) in [4.78, 5) is 4.71. The van der Waals surface area contributed by atoms with E-state index in [0.29, 0.717) is 0 Å². The van der Waals surface area contributed by atoms with Crippen molar-refractivity contribution in [3.8, 4) is 0 Å². The number of hydrogen-bond donors (Lipinski definition) is 0. The Morgan fingerprint density at radius 2 is 0.712 bits per heavy atom. The van der Waals surface area contributed by atoms with E-state index in [1.165, 1.54) is 16.3 Å². The van der Waals surface area contributed by atoms with Gasteiger partial charge in [-0.25, -0.2) is 0 Å². The van der Waals surface area contributed by atoms with Crippen LogP contribution in [0.1, 0.15) is 16.7 Å². The van der Waals surface area contributed by atoms with Crippen molar-refractivity contribution in [2.24, 2.45) is 0 Å². The number of rotatable bonds is 6. The van der Waals surface area contributed by atoms with Crippen molar-refractivity contribution in [3.63, 3.8) is 0 Å². The van der Waals surface area contributed by atoms with Crippen molar-refractivity contribution >= 4 is 99.5 Å². The summed E-state index contributed by atoms with van der Waals surface area (Å²) in [7, 11) is 0. The van der Waals surface area contributed by atoms with Gasteiger partial charge in [0.05, 0.1) is 22.7 Å². The lowest BCUT2D eigenvalue weighted by atomic mass is 9.95. The Bertz CT molecular complexity index is 3430. The van der Waals surface area contributed by atoms with E-state index in [1.807, 2.05) is 0 Å². The molecule has 2 bridgehead atoms. The molecule has 0 aliphatic carbocycles. The Morgan fingerprint density at radius 1 is 0.305 bits per heavy atom. The highest BCUT2D eigenvalue weighted by Crippen LogP contribution is 2.48. The molecule has 0 aliphatic heterocycles. The molecule has 0 amide bonds. The average Bonchev–Trinajstić information content (AvgIpc) is 3.86. The molecule has 2 aromatic heterocycles. The number of anilines is 6. The van der Waals surface area contributed by atoms with Crippen LogP contribution < -0.4 is 9.80 Å². The van der Waals surface area contributed by atoms with Crippen LogP contribution in [0.5, 0.6) is 0 Å². The monoisotopic (exact) mass is 760 g/mol. The molecular formula is C55H40N2O2. The van der Waals surface area contributed by atoms with E-state index < -0.39 is 0 Å². The number of benzene rings is 8. The molecule has 0 saturated carbocycles. The van der Waals surface area contributed by atoms with Crippen LogP contribution in [0.4, 0.5) is 34.1 Å². The van der Waals surface area contributed by atoms with E-state index in [2.05, 4.69) is 219 Å². The molecule has 2 heterocycles. The zero-order valence-corrected chi connectivity index (χ0v) is 33.1. The zero-order valence-electron chi connectivity index (χ0n) is 33.1. The van der Waals surface area contributed by atoms with Crippen molar-refractivity contribution in [2.45, 2.75) is 20.8 Å². The Balaban J connectivity index is 1.20. The highest BCUT2D eigenvalue weighted by atomic mass is 16.3.